The van der Waals surface area contributed by atoms with Crippen molar-refractivity contribution in [2.45, 2.75) is 32.1 Å². The second-order valence-electron chi connectivity index (χ2n) is 5.37. The minimum absolute atomic E-state index is 0.0676. The molecule has 0 aliphatic carbocycles. The molecule has 0 saturated heterocycles. The lowest BCUT2D eigenvalue weighted by Crippen LogP contribution is -2.08. The molecule has 0 bridgehead atoms. The number of rotatable bonds is 5. The zero-order valence-electron chi connectivity index (χ0n) is 11.5. The van der Waals surface area contributed by atoms with Crippen LogP contribution < -0.4 is 0 Å². The first-order valence-corrected chi connectivity index (χ1v) is 7.07. The van der Waals surface area contributed by atoms with Crippen molar-refractivity contribution in [2.24, 2.45) is 5.92 Å². The number of hydrogen-bond acceptors (Lipinski definition) is 3. The van der Waals surface area contributed by atoms with Crippen molar-refractivity contribution in [3.8, 4) is 0 Å². The summed E-state index contributed by atoms with van der Waals surface area (Å²) in [5.74, 6) is 0.556. The van der Waals surface area contributed by atoms with E-state index in [1.807, 2.05) is 12.1 Å². The number of hydrogen-bond donors (Lipinski definition) is 0. The van der Waals surface area contributed by atoms with E-state index in [9.17, 15) is 10.1 Å². The summed E-state index contributed by atoms with van der Waals surface area (Å²) in [5, 5.41) is 11.6. The van der Waals surface area contributed by atoms with Crippen molar-refractivity contribution in [1.29, 1.82) is 0 Å². The van der Waals surface area contributed by atoms with Gasteiger partial charge in [-0.25, -0.2) is 0 Å². The van der Waals surface area contributed by atoms with E-state index >= 15 is 0 Å². The molecule has 1 heterocycles. The van der Waals surface area contributed by atoms with Gasteiger partial charge in [0, 0.05) is 35.0 Å². The highest BCUT2D eigenvalue weighted by molar-refractivity contribution is 6.20. The summed E-state index contributed by atoms with van der Waals surface area (Å²) < 4.78 is 0. The number of aromatic nitrogens is 1. The second kappa shape index (κ2) is 6.18. The molecule has 1 aromatic heterocycles. The molecule has 0 aliphatic rings. The molecule has 20 heavy (non-hydrogen) atoms. The zero-order chi connectivity index (χ0) is 14.7. The Morgan fingerprint density at radius 2 is 2.05 bits per heavy atom. The molecule has 1 aromatic carbocycles. The molecule has 1 atom stereocenters. The molecule has 4 nitrogen and oxygen atoms in total. The first-order chi connectivity index (χ1) is 9.45. The van der Waals surface area contributed by atoms with Crippen LogP contribution >= 0.6 is 11.6 Å². The lowest BCUT2D eigenvalue weighted by atomic mass is 10.0. The number of nitro groups is 1. The summed E-state index contributed by atoms with van der Waals surface area (Å²) in [6.07, 6.45) is 1.66. The molecule has 106 valence electrons. The highest BCUT2D eigenvalue weighted by Crippen LogP contribution is 2.21. The van der Waals surface area contributed by atoms with E-state index in [1.165, 1.54) is 6.07 Å². The molecule has 2 aromatic rings. The number of halogens is 1. The largest absolute Gasteiger partial charge is 0.270 e. The molecular weight excluding hydrogens is 276 g/mol. The van der Waals surface area contributed by atoms with Gasteiger partial charge in [-0.05, 0) is 24.5 Å². The quantitative estimate of drug-likeness (QED) is 0.468. The number of pyridine rings is 1. The number of benzene rings is 1. The summed E-state index contributed by atoms with van der Waals surface area (Å²) in [5.41, 5.74) is 1.77. The smallest absolute Gasteiger partial charge is 0.258 e. The van der Waals surface area contributed by atoms with Gasteiger partial charge in [0.2, 0.25) is 0 Å². The summed E-state index contributed by atoms with van der Waals surface area (Å²) in [4.78, 5) is 14.8. The van der Waals surface area contributed by atoms with Crippen LogP contribution in [0.4, 0.5) is 5.69 Å². The van der Waals surface area contributed by atoms with Gasteiger partial charge in [0.05, 0.1) is 10.4 Å². The van der Waals surface area contributed by atoms with Crippen molar-refractivity contribution >= 4 is 28.2 Å². The SMILES string of the molecule is CC(C)CC(Cl)Cc1ccc2cc([N+](=O)[O-])ccc2n1. The molecule has 5 heteroatoms. The number of non-ortho nitro benzene ring substituents is 1. The normalized spacial score (nSPS) is 12.8. The van der Waals surface area contributed by atoms with Crippen LogP contribution in [-0.2, 0) is 6.42 Å². The Labute approximate surface area is 122 Å². The highest BCUT2D eigenvalue weighted by atomic mass is 35.5. The van der Waals surface area contributed by atoms with Gasteiger partial charge >= 0.3 is 0 Å². The van der Waals surface area contributed by atoms with E-state index in [2.05, 4.69) is 18.8 Å². The predicted octanol–water partition coefficient (Wildman–Crippen LogP) is 4.34. The van der Waals surface area contributed by atoms with Crippen LogP contribution in [0.1, 0.15) is 26.0 Å². The number of alkyl halides is 1. The topological polar surface area (TPSA) is 56.0 Å². The van der Waals surface area contributed by atoms with Crippen LogP contribution in [0.15, 0.2) is 30.3 Å². The maximum Gasteiger partial charge on any atom is 0.270 e. The maximum atomic E-state index is 10.7. The van der Waals surface area contributed by atoms with E-state index in [1.54, 1.807) is 12.1 Å². The Hall–Kier alpha value is -1.68. The van der Waals surface area contributed by atoms with Crippen LogP contribution in [0.5, 0.6) is 0 Å². The molecule has 0 amide bonds. The molecule has 0 spiro atoms. The minimum Gasteiger partial charge on any atom is -0.258 e. The Morgan fingerprint density at radius 1 is 1.30 bits per heavy atom. The first-order valence-electron chi connectivity index (χ1n) is 6.64. The molecule has 0 saturated carbocycles. The average Bonchev–Trinajstić information content (AvgIpc) is 2.36. The highest BCUT2D eigenvalue weighted by Gasteiger charge is 2.11. The predicted molar refractivity (Wildman–Crippen MR) is 81.2 cm³/mol. The zero-order valence-corrected chi connectivity index (χ0v) is 12.3. The fourth-order valence-corrected chi connectivity index (χ4v) is 2.72. The Bertz CT molecular complexity index is 628. The lowest BCUT2D eigenvalue weighted by Gasteiger charge is -2.11. The van der Waals surface area contributed by atoms with Crippen LogP contribution in [-0.4, -0.2) is 15.3 Å². The summed E-state index contributed by atoms with van der Waals surface area (Å²) in [6.45, 7) is 4.28. The maximum absolute atomic E-state index is 10.7. The molecule has 0 radical (unpaired) electrons. The van der Waals surface area contributed by atoms with Gasteiger partial charge in [0.15, 0.2) is 0 Å². The van der Waals surface area contributed by atoms with Crippen LogP contribution in [0.3, 0.4) is 0 Å². The van der Waals surface area contributed by atoms with E-state index in [-0.39, 0.29) is 11.1 Å². The number of fused-ring (bicyclic) bond motifs is 1. The van der Waals surface area contributed by atoms with Crippen LogP contribution in [0, 0.1) is 16.0 Å². The molecular formula is C15H17ClN2O2. The van der Waals surface area contributed by atoms with Gasteiger partial charge in [-0.3, -0.25) is 15.1 Å². The third kappa shape index (κ3) is 3.67. The van der Waals surface area contributed by atoms with Gasteiger partial charge in [-0.15, -0.1) is 11.6 Å². The average molecular weight is 293 g/mol. The first kappa shape index (κ1) is 14.7. The van der Waals surface area contributed by atoms with Crippen molar-refractivity contribution in [1.82, 2.24) is 4.98 Å². The van der Waals surface area contributed by atoms with Crippen molar-refractivity contribution < 1.29 is 4.92 Å². The van der Waals surface area contributed by atoms with Gasteiger partial charge in [0.25, 0.3) is 5.69 Å². The van der Waals surface area contributed by atoms with E-state index < -0.39 is 4.92 Å². The van der Waals surface area contributed by atoms with Crippen molar-refractivity contribution in [3.63, 3.8) is 0 Å². The summed E-state index contributed by atoms with van der Waals surface area (Å²) in [7, 11) is 0. The standard InChI is InChI=1S/C15H17ClN2O2/c1-10(2)7-12(16)9-13-4-3-11-8-14(18(19)20)5-6-15(11)17-13/h3-6,8,10,12H,7,9H2,1-2H3. The van der Waals surface area contributed by atoms with Crippen LogP contribution in [0.25, 0.3) is 10.9 Å². The Balaban J connectivity index is 2.21. The number of nitro benzene ring substituents is 1. The second-order valence-corrected chi connectivity index (χ2v) is 5.98. The Morgan fingerprint density at radius 3 is 2.70 bits per heavy atom. The van der Waals surface area contributed by atoms with Gasteiger partial charge in [0.1, 0.15) is 0 Å². The fourth-order valence-electron chi connectivity index (χ4n) is 2.20. The van der Waals surface area contributed by atoms with Gasteiger partial charge in [-0.2, -0.15) is 0 Å². The molecule has 0 fully saturated rings. The summed E-state index contributed by atoms with van der Waals surface area (Å²) >= 11 is 6.30. The van der Waals surface area contributed by atoms with E-state index in [4.69, 9.17) is 11.6 Å². The van der Waals surface area contributed by atoms with Crippen LogP contribution in [0.2, 0.25) is 0 Å². The van der Waals surface area contributed by atoms with Gasteiger partial charge < -0.3 is 0 Å². The van der Waals surface area contributed by atoms with Crippen molar-refractivity contribution in [3.05, 3.63) is 46.1 Å². The minimum atomic E-state index is -0.398. The molecule has 0 aliphatic heterocycles. The van der Waals surface area contributed by atoms with E-state index in [0.29, 0.717) is 12.3 Å². The molecule has 1 unspecified atom stereocenters. The monoisotopic (exact) mass is 292 g/mol. The van der Waals surface area contributed by atoms with E-state index in [0.717, 1.165) is 23.0 Å². The molecule has 2 rings (SSSR count). The van der Waals surface area contributed by atoms with Crippen molar-refractivity contribution in [2.75, 3.05) is 0 Å². The third-order valence-corrected chi connectivity index (χ3v) is 3.43. The summed E-state index contributed by atoms with van der Waals surface area (Å²) in [6, 6.07) is 8.46. The third-order valence-electron chi connectivity index (χ3n) is 3.10. The lowest BCUT2D eigenvalue weighted by molar-refractivity contribution is -0.384. The number of nitrogens with zero attached hydrogens (tertiary/aromatic N) is 2. The van der Waals surface area contributed by atoms with Gasteiger partial charge in [-0.1, -0.05) is 19.9 Å². The molecule has 0 N–H and O–H groups in total. The Kier molecular flexibility index (Phi) is 4.55. The fraction of sp³-hybridized carbons (Fsp3) is 0.400.